The van der Waals surface area contributed by atoms with Gasteiger partial charge in [0.25, 0.3) is 0 Å². The van der Waals surface area contributed by atoms with Crippen LogP contribution in [0.1, 0.15) is 43.9 Å². The molecule has 1 aliphatic rings. The fourth-order valence-corrected chi connectivity index (χ4v) is 4.25. The van der Waals surface area contributed by atoms with Gasteiger partial charge in [-0.3, -0.25) is 9.69 Å². The van der Waals surface area contributed by atoms with Crippen molar-refractivity contribution in [2.45, 2.75) is 32.7 Å². The van der Waals surface area contributed by atoms with Crippen LogP contribution in [0.25, 0.3) is 0 Å². The van der Waals surface area contributed by atoms with Crippen LogP contribution in [0.4, 0.5) is 0 Å². The quantitative estimate of drug-likeness (QED) is 0.603. The standard InChI is InChI=1S/C23H28Cl2N2O/c1-3-17(4-2)23(28)27-15-13-26(14-16-27)22(18-5-9-20(24)10-6-18)19-7-11-21(25)12-8-19/h5-12,17,22H,3-4,13-16H2,1-2H3. The molecule has 3 nitrogen and oxygen atoms in total. The second-order valence-electron chi connectivity index (χ2n) is 7.38. The smallest absolute Gasteiger partial charge is 0.225 e. The van der Waals surface area contributed by atoms with Crippen LogP contribution in [-0.4, -0.2) is 41.9 Å². The third-order valence-electron chi connectivity index (χ3n) is 5.70. The van der Waals surface area contributed by atoms with Crippen LogP contribution >= 0.6 is 23.2 Å². The van der Waals surface area contributed by atoms with Gasteiger partial charge in [0.1, 0.15) is 0 Å². The number of nitrogens with zero attached hydrogens (tertiary/aromatic N) is 2. The van der Waals surface area contributed by atoms with E-state index >= 15 is 0 Å². The topological polar surface area (TPSA) is 23.6 Å². The van der Waals surface area contributed by atoms with Crippen LogP contribution in [0, 0.1) is 5.92 Å². The van der Waals surface area contributed by atoms with E-state index in [0.717, 1.165) is 49.1 Å². The summed E-state index contributed by atoms with van der Waals surface area (Å²) in [6.07, 6.45) is 1.82. The van der Waals surface area contributed by atoms with Gasteiger partial charge in [-0.15, -0.1) is 0 Å². The summed E-state index contributed by atoms with van der Waals surface area (Å²) in [7, 11) is 0. The van der Waals surface area contributed by atoms with Gasteiger partial charge in [-0.2, -0.15) is 0 Å². The van der Waals surface area contributed by atoms with Gasteiger partial charge in [0.15, 0.2) is 0 Å². The van der Waals surface area contributed by atoms with Gasteiger partial charge in [-0.25, -0.2) is 0 Å². The van der Waals surface area contributed by atoms with Crippen molar-refractivity contribution in [1.29, 1.82) is 0 Å². The summed E-state index contributed by atoms with van der Waals surface area (Å²) in [6.45, 7) is 7.43. The van der Waals surface area contributed by atoms with E-state index in [1.807, 2.05) is 29.2 Å². The molecule has 1 saturated heterocycles. The number of rotatable bonds is 6. The van der Waals surface area contributed by atoms with E-state index in [4.69, 9.17) is 23.2 Å². The van der Waals surface area contributed by atoms with Crippen molar-refractivity contribution in [1.82, 2.24) is 9.80 Å². The normalized spacial score (nSPS) is 15.4. The lowest BCUT2D eigenvalue weighted by molar-refractivity contribution is -0.137. The Bertz CT molecular complexity index is 719. The summed E-state index contributed by atoms with van der Waals surface area (Å²) in [5.41, 5.74) is 2.40. The summed E-state index contributed by atoms with van der Waals surface area (Å²) < 4.78 is 0. The monoisotopic (exact) mass is 418 g/mol. The first-order valence-corrected chi connectivity index (χ1v) is 10.8. The molecule has 28 heavy (non-hydrogen) atoms. The molecule has 1 amide bonds. The van der Waals surface area contributed by atoms with E-state index in [-0.39, 0.29) is 12.0 Å². The second kappa shape index (κ2) is 9.78. The molecule has 150 valence electrons. The average molecular weight is 419 g/mol. The third kappa shape index (κ3) is 4.89. The van der Waals surface area contributed by atoms with Crippen LogP contribution in [0.2, 0.25) is 10.0 Å². The Hall–Kier alpha value is -1.55. The predicted octanol–water partition coefficient (Wildman–Crippen LogP) is 5.66. The molecule has 5 heteroatoms. The molecule has 0 aromatic heterocycles. The first-order chi connectivity index (χ1) is 13.5. The van der Waals surface area contributed by atoms with Gasteiger partial charge < -0.3 is 4.90 Å². The van der Waals surface area contributed by atoms with E-state index in [9.17, 15) is 4.79 Å². The zero-order chi connectivity index (χ0) is 20.1. The summed E-state index contributed by atoms with van der Waals surface area (Å²) in [4.78, 5) is 17.2. The van der Waals surface area contributed by atoms with Crippen molar-refractivity contribution in [2.75, 3.05) is 26.2 Å². The van der Waals surface area contributed by atoms with Crippen LogP contribution in [0.3, 0.4) is 0 Å². The van der Waals surface area contributed by atoms with Gasteiger partial charge in [-0.1, -0.05) is 61.3 Å². The molecule has 0 saturated carbocycles. The van der Waals surface area contributed by atoms with Gasteiger partial charge in [0.05, 0.1) is 6.04 Å². The molecule has 3 rings (SSSR count). The Morgan fingerprint density at radius 2 is 1.25 bits per heavy atom. The lowest BCUT2D eigenvalue weighted by atomic mass is 9.96. The number of halogens is 2. The first-order valence-electron chi connectivity index (χ1n) is 10.1. The Kier molecular flexibility index (Phi) is 7.39. The number of carbonyl (C=O) groups is 1. The summed E-state index contributed by atoms with van der Waals surface area (Å²) >= 11 is 12.2. The molecule has 0 atom stereocenters. The van der Waals surface area contributed by atoms with E-state index in [1.54, 1.807) is 0 Å². The van der Waals surface area contributed by atoms with E-state index in [0.29, 0.717) is 5.91 Å². The number of carbonyl (C=O) groups excluding carboxylic acids is 1. The average Bonchev–Trinajstić information content (AvgIpc) is 2.72. The van der Waals surface area contributed by atoms with Gasteiger partial charge in [-0.05, 0) is 48.2 Å². The molecular weight excluding hydrogens is 391 g/mol. The molecule has 0 radical (unpaired) electrons. The van der Waals surface area contributed by atoms with Crippen molar-refractivity contribution in [3.8, 4) is 0 Å². The predicted molar refractivity (Wildman–Crippen MR) is 117 cm³/mol. The molecule has 0 spiro atoms. The Labute approximate surface area is 178 Å². The minimum atomic E-state index is 0.125. The largest absolute Gasteiger partial charge is 0.340 e. The Balaban J connectivity index is 1.79. The number of hydrogen-bond acceptors (Lipinski definition) is 2. The maximum atomic E-state index is 12.7. The van der Waals surface area contributed by atoms with E-state index in [1.165, 1.54) is 11.1 Å². The highest BCUT2D eigenvalue weighted by Crippen LogP contribution is 2.31. The van der Waals surface area contributed by atoms with E-state index < -0.39 is 0 Å². The molecule has 0 N–H and O–H groups in total. The molecule has 1 heterocycles. The van der Waals surface area contributed by atoms with Crippen LogP contribution in [0.5, 0.6) is 0 Å². The lowest BCUT2D eigenvalue weighted by Crippen LogP contribution is -2.51. The lowest BCUT2D eigenvalue weighted by Gasteiger charge is -2.40. The first kappa shape index (κ1) is 21.2. The van der Waals surface area contributed by atoms with Crippen LogP contribution in [-0.2, 0) is 4.79 Å². The van der Waals surface area contributed by atoms with Gasteiger partial charge >= 0.3 is 0 Å². The number of piperazine rings is 1. The number of amides is 1. The van der Waals surface area contributed by atoms with Crippen LogP contribution in [0.15, 0.2) is 48.5 Å². The molecule has 0 unspecified atom stereocenters. The van der Waals surface area contributed by atoms with Crippen molar-refractivity contribution < 1.29 is 4.79 Å². The summed E-state index contributed by atoms with van der Waals surface area (Å²) in [6, 6.07) is 16.2. The molecule has 1 fully saturated rings. The molecular formula is C23H28Cl2N2O. The molecule has 0 bridgehead atoms. The SMILES string of the molecule is CCC(CC)C(=O)N1CCN(C(c2ccc(Cl)cc2)c2ccc(Cl)cc2)CC1. The minimum Gasteiger partial charge on any atom is -0.340 e. The maximum absolute atomic E-state index is 12.7. The van der Waals surface area contributed by atoms with Gasteiger partial charge in [0, 0.05) is 42.1 Å². The highest BCUT2D eigenvalue weighted by atomic mass is 35.5. The zero-order valence-corrected chi connectivity index (χ0v) is 18.1. The fraction of sp³-hybridized carbons (Fsp3) is 0.435. The molecule has 1 aliphatic heterocycles. The maximum Gasteiger partial charge on any atom is 0.225 e. The number of benzene rings is 2. The molecule has 2 aromatic rings. The van der Waals surface area contributed by atoms with Crippen molar-refractivity contribution in [3.63, 3.8) is 0 Å². The van der Waals surface area contributed by atoms with Gasteiger partial charge in [0.2, 0.25) is 5.91 Å². The Morgan fingerprint density at radius 1 is 0.821 bits per heavy atom. The fourth-order valence-electron chi connectivity index (χ4n) is 4.00. The highest BCUT2D eigenvalue weighted by Gasteiger charge is 2.30. The van der Waals surface area contributed by atoms with Crippen LogP contribution < -0.4 is 0 Å². The molecule has 0 aliphatic carbocycles. The summed E-state index contributed by atoms with van der Waals surface area (Å²) in [5.74, 6) is 0.453. The second-order valence-corrected chi connectivity index (χ2v) is 8.25. The highest BCUT2D eigenvalue weighted by molar-refractivity contribution is 6.30. The summed E-state index contributed by atoms with van der Waals surface area (Å²) in [5, 5.41) is 1.47. The zero-order valence-electron chi connectivity index (χ0n) is 16.6. The Morgan fingerprint density at radius 3 is 1.64 bits per heavy atom. The third-order valence-corrected chi connectivity index (χ3v) is 6.20. The number of hydrogen-bond donors (Lipinski definition) is 0. The van der Waals surface area contributed by atoms with Crippen molar-refractivity contribution in [3.05, 3.63) is 69.7 Å². The van der Waals surface area contributed by atoms with Crippen molar-refractivity contribution in [2.24, 2.45) is 5.92 Å². The van der Waals surface area contributed by atoms with Crippen molar-refractivity contribution >= 4 is 29.1 Å². The van der Waals surface area contributed by atoms with E-state index in [2.05, 4.69) is 43.0 Å². The molecule has 2 aromatic carbocycles. The minimum absolute atomic E-state index is 0.125.